The topological polar surface area (TPSA) is 726 Å². The maximum Gasteiger partial charge on any atom is 0.378 e. The van der Waals surface area contributed by atoms with Crippen LogP contribution in [0.15, 0.2) is 0 Å². The number of rotatable bonds is 73. The average Bonchev–Trinajstić information content (AvgIpc) is 0.857. The number of aliphatic hydroxyl groups excluding tert-OH is 23. The van der Waals surface area contributed by atoms with Crippen LogP contribution in [-0.2, 0) is 86.0 Å². The van der Waals surface area contributed by atoms with E-state index in [4.69, 9.17) is 64.2 Å². The van der Waals surface area contributed by atoms with Crippen molar-refractivity contribution < 1.29 is 203 Å². The smallest absolute Gasteiger partial charge is 0.378 e. The zero-order chi connectivity index (χ0) is 112. The molecule has 0 fully saturated rings. The summed E-state index contributed by atoms with van der Waals surface area (Å²) in [5, 5.41) is 213. The van der Waals surface area contributed by atoms with Gasteiger partial charge in [0.25, 0.3) is 34.7 Å². The highest BCUT2D eigenvalue weighted by Gasteiger charge is 2.43. The van der Waals surface area contributed by atoms with Gasteiger partial charge in [-0.2, -0.15) is 0 Å². The second-order valence-electron chi connectivity index (χ2n) is 41.1. The summed E-state index contributed by atoms with van der Waals surface area (Å²) >= 11 is 0. The summed E-state index contributed by atoms with van der Waals surface area (Å²) in [4.78, 5) is 140. The van der Waals surface area contributed by atoms with Crippen molar-refractivity contribution in [2.45, 2.75) is 466 Å². The molecule has 41 heteroatoms. The van der Waals surface area contributed by atoms with E-state index in [1.807, 2.05) is 20.8 Å². The van der Waals surface area contributed by atoms with Gasteiger partial charge in [0.05, 0.1) is 59.0 Å². The molecule has 0 aliphatic rings. The van der Waals surface area contributed by atoms with Crippen molar-refractivity contribution in [3.63, 3.8) is 0 Å². The van der Waals surface area contributed by atoms with Gasteiger partial charge in [0.2, 0.25) is 0 Å². The summed E-state index contributed by atoms with van der Waals surface area (Å²) in [6, 6.07) is 0. The van der Waals surface area contributed by atoms with Crippen LogP contribution in [0.3, 0.4) is 0 Å². The van der Waals surface area contributed by atoms with E-state index >= 15 is 0 Å². The Morgan fingerprint density at radius 1 is 0.245 bits per heavy atom. The SMILES string of the molecule is CC(C)CCCC(C)CCCC(C)CCOC(=O)C(=O)C(O)C(O)C(O)CO.CC(C)CCCC(C)CCOC(=O)C(=O)C(O)C(O)C(O)CO.CCC(C)(CCCC(C)C)OC(=O)C(=O)C(O)C(O)C(O)CO.CCC(C)CCCC(C)(C)OC(=O)C(=O)C(O)C(O)C(O)CO.CCC(C)CCCC(C)COC(=O)C(=O)C(O)C(O)C(O)CO.CCCCC(C)CC(C)(C)OC(=O)C(=O)C(O)C(O)C(O)CC. The number of unbranched alkanes of at least 4 members (excludes halogenated alkanes) is 1. The molecule has 0 aromatic heterocycles. The third kappa shape index (κ3) is 69.0. The highest BCUT2D eigenvalue weighted by molar-refractivity contribution is 6.37. The minimum absolute atomic E-state index is 0.0520. The zero-order valence-corrected chi connectivity index (χ0v) is 89.8. The van der Waals surface area contributed by atoms with E-state index in [1.165, 1.54) is 25.7 Å². The van der Waals surface area contributed by atoms with E-state index < -0.39 is 230 Å². The largest absolute Gasteiger partial charge is 0.460 e. The highest BCUT2D eigenvalue weighted by Crippen LogP contribution is 2.29. The van der Waals surface area contributed by atoms with Gasteiger partial charge in [0, 0.05) is 0 Å². The fraction of sp³-hybridized carbons (Fsp3) is 0.882. The lowest BCUT2D eigenvalue weighted by Crippen LogP contribution is -2.48. The maximum atomic E-state index is 11.9. The van der Waals surface area contributed by atoms with Gasteiger partial charge in [-0.05, 0) is 158 Å². The Kier molecular flexibility index (Phi) is 84.4. The Bertz CT molecular complexity index is 3410. The monoisotopic (exact) mass is 2070 g/mol. The molecule has 0 aliphatic carbocycles. The van der Waals surface area contributed by atoms with Gasteiger partial charge in [-0.1, -0.05) is 240 Å². The van der Waals surface area contributed by atoms with Crippen molar-refractivity contribution in [2.75, 3.05) is 52.9 Å². The first-order valence-electron chi connectivity index (χ1n) is 51.0. The highest BCUT2D eigenvalue weighted by atomic mass is 16.6. The van der Waals surface area contributed by atoms with Crippen LogP contribution in [0.1, 0.15) is 339 Å². The molecule has 0 bridgehead atoms. The lowest BCUT2D eigenvalue weighted by Gasteiger charge is -2.29. The van der Waals surface area contributed by atoms with Crippen LogP contribution in [0.2, 0.25) is 0 Å². The Balaban J connectivity index is -0.000000394. The number of carbonyl (C=O) groups excluding carboxylic acids is 12. The number of hydrogen-bond acceptors (Lipinski definition) is 41. The number of Topliss-reactive ketones (excluding diaryl/α,β-unsaturated/α-hetero) is 6. The summed E-state index contributed by atoms with van der Waals surface area (Å²) in [5.74, 6) is -10.4. The summed E-state index contributed by atoms with van der Waals surface area (Å²) in [7, 11) is 0. The minimum Gasteiger partial charge on any atom is -0.460 e. The molecule has 0 rings (SSSR count). The first kappa shape index (κ1) is 148. The van der Waals surface area contributed by atoms with Crippen molar-refractivity contribution in [1.82, 2.24) is 0 Å². The fourth-order valence-electron chi connectivity index (χ4n) is 13.7. The van der Waals surface area contributed by atoms with Gasteiger partial charge >= 0.3 is 35.8 Å². The van der Waals surface area contributed by atoms with E-state index in [0.29, 0.717) is 85.9 Å². The lowest BCUT2D eigenvalue weighted by atomic mass is 9.91. The molecule has 0 aromatic rings. The van der Waals surface area contributed by atoms with Crippen LogP contribution in [-0.4, -0.2) is 367 Å². The molecule has 0 saturated heterocycles. The predicted molar refractivity (Wildman–Crippen MR) is 528 cm³/mol. The molecule has 26 atom stereocenters. The Hall–Kier alpha value is -6.08. The lowest BCUT2D eigenvalue weighted by molar-refractivity contribution is -0.173. The maximum absolute atomic E-state index is 11.9. The number of esters is 6. The molecule has 0 spiro atoms. The molecule has 41 nitrogen and oxygen atoms in total. The Morgan fingerprint density at radius 3 is 0.783 bits per heavy atom. The molecule has 0 amide bonds. The van der Waals surface area contributed by atoms with Crippen molar-refractivity contribution in [3.8, 4) is 0 Å². The van der Waals surface area contributed by atoms with Crippen LogP contribution in [0.5, 0.6) is 0 Å². The zero-order valence-electron chi connectivity index (χ0n) is 89.8. The van der Waals surface area contributed by atoms with Crippen LogP contribution in [0.4, 0.5) is 0 Å². The number of ether oxygens (including phenoxy) is 6. The quantitative estimate of drug-likeness (QED) is 0.0234. The van der Waals surface area contributed by atoms with Crippen LogP contribution in [0.25, 0.3) is 0 Å². The standard InChI is InChI=1S/C21H40O7.C17H32O6.4C16H30O7/c1-14(2)7-5-8-15(3)9-6-10-16(4)11-12-28-21(27)20(26)19(25)18(24)17(23)13-22;1-6-8-9-11(3)10-17(4,5)23-16(22)15(21)14(20)13(19)12(18)7-2;1-10(2)5-4-6-11(3)7-8-23-16(22)15(21)14(20)13(19)12(18)9-17;1-5-10(2)7-6-8-16(3,4)23-15(22)14(21)13(20)12(19)11(18)9-17;1-5-16(4,8-6-7-10(2)3)23-15(22)14(21)13(20)12(19)11(18)9-17;1-4-10(2)6-5-7-11(3)9-23-16(22)15(21)14(20)13(19)12(18)8-17/h14-19,22-25H,5-13H2,1-4H3;11-14,18-20H,6-10H2,1-5H3;10-14,17-20H,4-9H2,1-3H3;2*10-13,17-20H,5-9H2,1-4H3;10-14,17-20H,4-9H2,1-3H3. The summed E-state index contributed by atoms with van der Waals surface area (Å²) in [6.45, 7) is 41.8. The second kappa shape index (κ2) is 81.8. The van der Waals surface area contributed by atoms with Gasteiger partial charge in [0.1, 0.15) is 83.9 Å². The third-order valence-corrected chi connectivity index (χ3v) is 24.5. The van der Waals surface area contributed by atoms with E-state index in [-0.39, 0.29) is 32.2 Å². The van der Waals surface area contributed by atoms with E-state index in [9.17, 15) is 139 Å². The van der Waals surface area contributed by atoms with Gasteiger partial charge < -0.3 is 146 Å². The molecule has 26 unspecified atom stereocenters. The third-order valence-electron chi connectivity index (χ3n) is 24.5. The van der Waals surface area contributed by atoms with Crippen molar-refractivity contribution in [3.05, 3.63) is 0 Å². The Labute approximate surface area is 848 Å². The van der Waals surface area contributed by atoms with Gasteiger partial charge in [0.15, 0.2) is 36.6 Å². The molecule has 846 valence electrons. The van der Waals surface area contributed by atoms with Gasteiger partial charge in [-0.25, -0.2) is 28.8 Å². The summed E-state index contributed by atoms with van der Waals surface area (Å²) in [6.07, 6.45) is -7.95. The summed E-state index contributed by atoms with van der Waals surface area (Å²) in [5.41, 5.74) is -2.55. The second-order valence-corrected chi connectivity index (χ2v) is 41.1. The molecule has 0 aliphatic heterocycles. The van der Waals surface area contributed by atoms with Crippen molar-refractivity contribution in [2.24, 2.45) is 59.2 Å². The molecular weight excluding hydrogens is 1880 g/mol. The average molecular weight is 2070 g/mol. The van der Waals surface area contributed by atoms with Gasteiger partial charge in [-0.15, -0.1) is 0 Å². The van der Waals surface area contributed by atoms with E-state index in [1.54, 1.807) is 41.5 Å². The summed E-state index contributed by atoms with van der Waals surface area (Å²) < 4.78 is 30.0. The van der Waals surface area contributed by atoms with E-state index in [0.717, 1.165) is 115 Å². The number of aliphatic hydroxyl groups is 23. The molecule has 0 saturated carbocycles. The first-order valence-corrected chi connectivity index (χ1v) is 51.0. The normalized spacial score (nSPS) is 17.3. The first-order chi connectivity index (χ1) is 66.2. The number of ketones is 6. The molecule has 143 heavy (non-hydrogen) atoms. The molecule has 0 radical (unpaired) electrons. The van der Waals surface area contributed by atoms with Crippen LogP contribution < -0.4 is 0 Å². The van der Waals surface area contributed by atoms with Gasteiger partial charge in [-0.3, -0.25) is 28.8 Å². The number of carbonyl (C=O) groups is 12. The van der Waals surface area contributed by atoms with Crippen molar-refractivity contribution in [1.29, 1.82) is 0 Å². The fourth-order valence-corrected chi connectivity index (χ4v) is 13.7. The molecule has 0 heterocycles. The van der Waals surface area contributed by atoms with E-state index in [2.05, 4.69) is 96.9 Å². The molecule has 0 aromatic carbocycles. The van der Waals surface area contributed by atoms with Crippen molar-refractivity contribution >= 4 is 70.5 Å². The predicted octanol–water partition coefficient (Wildman–Crippen LogP) is 3.81. The number of hydrogen-bond donors (Lipinski definition) is 23. The Morgan fingerprint density at radius 2 is 0.490 bits per heavy atom. The van der Waals surface area contributed by atoms with Crippen LogP contribution in [0, 0.1) is 59.2 Å². The molecular formula is C102H192O41. The molecule has 23 N–H and O–H groups in total. The minimum atomic E-state index is -2.14. The van der Waals surface area contributed by atoms with Crippen LogP contribution >= 0.6 is 0 Å².